The topological polar surface area (TPSA) is 82.2 Å². The van der Waals surface area contributed by atoms with Crippen LogP contribution in [0.3, 0.4) is 0 Å². The molecule has 162 valence electrons. The van der Waals surface area contributed by atoms with Crippen LogP contribution in [-0.2, 0) is 7.05 Å². The minimum absolute atomic E-state index is 0.301. The average molecular weight is 423 g/mol. The third-order valence-electron chi connectivity index (χ3n) is 6.32. The first-order valence-electron chi connectivity index (χ1n) is 10.5. The van der Waals surface area contributed by atoms with E-state index < -0.39 is 5.82 Å². The minimum atomic E-state index is -0.390. The molecule has 0 bridgehead atoms. The number of halogens is 1. The van der Waals surface area contributed by atoms with Crippen LogP contribution in [-0.4, -0.2) is 42.7 Å². The Bertz CT molecular complexity index is 1270. The number of nitrogens with zero attached hydrogens (tertiary/aromatic N) is 6. The van der Waals surface area contributed by atoms with Gasteiger partial charge in [0.1, 0.15) is 11.0 Å². The van der Waals surface area contributed by atoms with E-state index in [-0.39, 0.29) is 0 Å². The Hall–Kier alpha value is -3.23. The number of aromatic nitrogens is 6. The van der Waals surface area contributed by atoms with Gasteiger partial charge in [0.05, 0.1) is 24.4 Å². The zero-order valence-corrected chi connectivity index (χ0v) is 18.2. The number of hydrogen-bond donors (Lipinski definition) is 1. The van der Waals surface area contributed by atoms with Crippen molar-refractivity contribution in [1.82, 2.24) is 29.6 Å². The summed E-state index contributed by atoms with van der Waals surface area (Å²) in [6.45, 7) is 4.61. The maximum absolute atomic E-state index is 15.1. The van der Waals surface area contributed by atoms with E-state index in [1.165, 1.54) is 17.8 Å². The molecule has 3 heterocycles. The molecule has 0 spiro atoms. The van der Waals surface area contributed by atoms with Gasteiger partial charge < -0.3 is 10.1 Å². The van der Waals surface area contributed by atoms with E-state index in [1.54, 1.807) is 11.7 Å². The molecule has 3 aromatic heterocycles. The number of methoxy groups -OCH3 is 1. The third-order valence-corrected chi connectivity index (χ3v) is 6.32. The first-order chi connectivity index (χ1) is 14.8. The second kappa shape index (κ2) is 7.18. The third kappa shape index (κ3) is 3.47. The van der Waals surface area contributed by atoms with Crippen LogP contribution < -0.4 is 10.1 Å². The van der Waals surface area contributed by atoms with E-state index in [0.717, 1.165) is 36.7 Å². The van der Waals surface area contributed by atoms with Gasteiger partial charge in [0.2, 0.25) is 11.8 Å². The molecule has 5 rings (SSSR count). The molecule has 0 atom stereocenters. The molecule has 1 N–H and O–H groups in total. The fourth-order valence-corrected chi connectivity index (χ4v) is 4.41. The van der Waals surface area contributed by atoms with Gasteiger partial charge in [-0.1, -0.05) is 25.1 Å². The molecule has 1 aliphatic rings. The fraction of sp³-hybridized carbons (Fsp3) is 0.455. The summed E-state index contributed by atoms with van der Waals surface area (Å²) in [6, 6.07) is 5.82. The summed E-state index contributed by atoms with van der Waals surface area (Å²) in [7, 11) is 3.35. The SMILES string of the molecule is COc1nc(NC2CCC(C)(C)CC2)nn2cc(F)c(-c3ccc4nnn(C)c4c3)c12. The number of anilines is 1. The number of benzene rings is 1. The number of fused-ring (bicyclic) bond motifs is 2. The van der Waals surface area contributed by atoms with Crippen molar-refractivity contribution in [2.75, 3.05) is 12.4 Å². The summed E-state index contributed by atoms with van der Waals surface area (Å²) in [4.78, 5) is 4.56. The van der Waals surface area contributed by atoms with Crippen LogP contribution in [0.25, 0.3) is 27.7 Å². The Balaban J connectivity index is 1.55. The van der Waals surface area contributed by atoms with E-state index >= 15 is 4.39 Å². The summed E-state index contributed by atoms with van der Waals surface area (Å²) in [5, 5.41) is 16.1. The van der Waals surface area contributed by atoms with E-state index in [0.29, 0.717) is 39.9 Å². The van der Waals surface area contributed by atoms with Crippen LogP contribution >= 0.6 is 0 Å². The maximum atomic E-state index is 15.1. The summed E-state index contributed by atoms with van der Waals surface area (Å²) in [6.07, 6.45) is 5.78. The van der Waals surface area contributed by atoms with E-state index in [9.17, 15) is 0 Å². The van der Waals surface area contributed by atoms with Crippen molar-refractivity contribution in [2.45, 2.75) is 45.6 Å². The van der Waals surface area contributed by atoms with Gasteiger partial charge in [0, 0.05) is 13.1 Å². The largest absolute Gasteiger partial charge is 0.479 e. The van der Waals surface area contributed by atoms with Crippen molar-refractivity contribution in [2.24, 2.45) is 12.5 Å². The van der Waals surface area contributed by atoms with Gasteiger partial charge in [0.15, 0.2) is 5.82 Å². The van der Waals surface area contributed by atoms with E-state index in [2.05, 4.69) is 39.6 Å². The lowest BCUT2D eigenvalue weighted by Crippen LogP contribution is -2.30. The number of nitrogens with one attached hydrogen (secondary N) is 1. The summed E-state index contributed by atoms with van der Waals surface area (Å²) < 4.78 is 23.8. The normalized spacial score (nSPS) is 16.8. The molecule has 8 nitrogen and oxygen atoms in total. The minimum Gasteiger partial charge on any atom is -0.479 e. The predicted octanol–water partition coefficient (Wildman–Crippen LogP) is 4.21. The van der Waals surface area contributed by atoms with Crippen molar-refractivity contribution in [3.63, 3.8) is 0 Å². The highest BCUT2D eigenvalue weighted by atomic mass is 19.1. The molecule has 31 heavy (non-hydrogen) atoms. The van der Waals surface area contributed by atoms with Crippen LogP contribution in [0.4, 0.5) is 10.3 Å². The Kier molecular flexibility index (Phi) is 4.56. The second-order valence-electron chi connectivity index (χ2n) is 9.09. The van der Waals surface area contributed by atoms with Crippen molar-refractivity contribution >= 4 is 22.5 Å². The molecular formula is C22H26FN7O. The predicted molar refractivity (Wildman–Crippen MR) is 117 cm³/mol. The molecule has 0 radical (unpaired) electrons. The summed E-state index contributed by atoms with van der Waals surface area (Å²) in [5.41, 5.74) is 3.52. The van der Waals surface area contributed by atoms with Gasteiger partial charge in [-0.05, 0) is 48.8 Å². The van der Waals surface area contributed by atoms with E-state index in [4.69, 9.17) is 4.74 Å². The fourth-order valence-electron chi connectivity index (χ4n) is 4.41. The van der Waals surface area contributed by atoms with Gasteiger partial charge in [-0.15, -0.1) is 10.2 Å². The van der Waals surface area contributed by atoms with Crippen molar-refractivity contribution in [1.29, 1.82) is 0 Å². The highest BCUT2D eigenvalue weighted by Crippen LogP contribution is 2.37. The number of hydrogen-bond acceptors (Lipinski definition) is 6. The highest BCUT2D eigenvalue weighted by Gasteiger charge is 2.28. The first kappa shape index (κ1) is 19.7. The second-order valence-corrected chi connectivity index (χ2v) is 9.09. The molecule has 0 unspecified atom stereocenters. The number of rotatable bonds is 4. The van der Waals surface area contributed by atoms with Crippen LogP contribution in [0.1, 0.15) is 39.5 Å². The molecule has 1 aromatic carbocycles. The molecule has 4 aromatic rings. The molecule has 1 aliphatic carbocycles. The first-order valence-corrected chi connectivity index (χ1v) is 10.5. The van der Waals surface area contributed by atoms with E-state index in [1.807, 2.05) is 18.2 Å². The highest BCUT2D eigenvalue weighted by molar-refractivity contribution is 5.89. The van der Waals surface area contributed by atoms with Crippen LogP contribution in [0.5, 0.6) is 5.88 Å². The Morgan fingerprint density at radius 1 is 1.23 bits per heavy atom. The van der Waals surface area contributed by atoms with Crippen LogP contribution in [0, 0.1) is 11.2 Å². The Labute approximate surface area is 179 Å². The maximum Gasteiger partial charge on any atom is 0.244 e. The molecule has 1 saturated carbocycles. The molecule has 9 heteroatoms. The van der Waals surface area contributed by atoms with Crippen molar-refractivity contribution < 1.29 is 9.13 Å². The molecule has 1 fully saturated rings. The number of ether oxygens (including phenoxy) is 1. The lowest BCUT2D eigenvalue weighted by Gasteiger charge is -2.34. The monoisotopic (exact) mass is 423 g/mol. The van der Waals surface area contributed by atoms with Gasteiger partial charge in [-0.2, -0.15) is 4.98 Å². The lowest BCUT2D eigenvalue weighted by molar-refractivity contribution is 0.232. The number of aryl methyl sites for hydroxylation is 1. The quantitative estimate of drug-likeness (QED) is 0.530. The van der Waals surface area contributed by atoms with Gasteiger partial charge in [-0.3, -0.25) is 0 Å². The Morgan fingerprint density at radius 3 is 2.74 bits per heavy atom. The molecule has 0 aliphatic heterocycles. The van der Waals surface area contributed by atoms with Gasteiger partial charge in [-0.25, -0.2) is 13.6 Å². The lowest BCUT2D eigenvalue weighted by atomic mass is 9.76. The van der Waals surface area contributed by atoms with Crippen LogP contribution in [0.15, 0.2) is 24.4 Å². The van der Waals surface area contributed by atoms with Gasteiger partial charge in [0.25, 0.3) is 0 Å². The molecule has 0 amide bonds. The Morgan fingerprint density at radius 2 is 2.00 bits per heavy atom. The van der Waals surface area contributed by atoms with Crippen molar-refractivity contribution in [3.05, 3.63) is 30.2 Å². The summed E-state index contributed by atoms with van der Waals surface area (Å²) in [5.74, 6) is 0.385. The molecule has 0 saturated heterocycles. The molecular weight excluding hydrogens is 397 g/mol. The van der Waals surface area contributed by atoms with Crippen LogP contribution in [0.2, 0.25) is 0 Å². The summed E-state index contributed by atoms with van der Waals surface area (Å²) >= 11 is 0. The average Bonchev–Trinajstić information content (AvgIpc) is 3.27. The zero-order valence-electron chi connectivity index (χ0n) is 18.2. The standard InChI is InChI=1S/C22H26FN7O/c1-22(2)9-7-14(8-10-22)24-21-25-20(31-4)19-18(15(23)12-30(19)27-21)13-5-6-16-17(11-13)29(3)28-26-16/h5-6,11-12,14H,7-10H2,1-4H3,(H,24,27). The smallest absolute Gasteiger partial charge is 0.244 e. The van der Waals surface area contributed by atoms with Gasteiger partial charge >= 0.3 is 0 Å². The zero-order chi connectivity index (χ0) is 21.8. The van der Waals surface area contributed by atoms with Crippen molar-refractivity contribution in [3.8, 4) is 17.0 Å².